The van der Waals surface area contributed by atoms with Crippen LogP contribution in [0.4, 0.5) is 13.2 Å². The van der Waals surface area contributed by atoms with Crippen LogP contribution in [0.1, 0.15) is 24.0 Å². The highest BCUT2D eigenvalue weighted by molar-refractivity contribution is 6.07. The van der Waals surface area contributed by atoms with Crippen LogP contribution in [0.15, 0.2) is 59.9 Å². The number of carbonyl (C=O) groups is 1. The second-order valence-corrected chi connectivity index (χ2v) is 7.24. The van der Waals surface area contributed by atoms with Crippen LogP contribution in [-0.4, -0.2) is 45.5 Å². The molecule has 0 aliphatic heterocycles. The summed E-state index contributed by atoms with van der Waals surface area (Å²) in [6.45, 7) is 0. The topological polar surface area (TPSA) is 74.2 Å². The summed E-state index contributed by atoms with van der Waals surface area (Å²) in [5.74, 6) is 0.523. The van der Waals surface area contributed by atoms with Gasteiger partial charge in [0.1, 0.15) is 5.76 Å². The Morgan fingerprint density at radius 2 is 1.26 bits per heavy atom. The van der Waals surface area contributed by atoms with Gasteiger partial charge in [0, 0.05) is 12.0 Å². The predicted molar refractivity (Wildman–Crippen MR) is 127 cm³/mol. The number of alkyl halides is 3. The molecule has 0 aliphatic rings. The average Bonchev–Trinajstić information content (AvgIpc) is 2.84. The summed E-state index contributed by atoms with van der Waals surface area (Å²) in [6.07, 6.45) is -1.28. The second kappa shape index (κ2) is 12.5. The van der Waals surface area contributed by atoms with Gasteiger partial charge < -0.3 is 24.1 Å². The van der Waals surface area contributed by atoms with Crippen LogP contribution in [0.5, 0.6) is 23.0 Å². The zero-order chi connectivity index (χ0) is 26.0. The van der Waals surface area contributed by atoms with E-state index in [1.807, 2.05) is 0 Å². The monoisotopic (exact) mass is 492 g/mol. The molecule has 0 aromatic heterocycles. The van der Waals surface area contributed by atoms with Crippen molar-refractivity contribution in [2.45, 2.75) is 19.0 Å². The number of allylic oxidation sites excluding steroid dienone is 3. The van der Waals surface area contributed by atoms with Crippen LogP contribution >= 0.6 is 0 Å². The molecule has 35 heavy (non-hydrogen) atoms. The molecule has 0 atom stereocenters. The lowest BCUT2D eigenvalue weighted by atomic mass is 10.0. The van der Waals surface area contributed by atoms with Gasteiger partial charge in [-0.25, -0.2) is 0 Å². The lowest BCUT2D eigenvalue weighted by Gasteiger charge is -2.10. The van der Waals surface area contributed by atoms with E-state index in [-0.39, 0.29) is 5.57 Å². The van der Waals surface area contributed by atoms with Gasteiger partial charge in [-0.05, 0) is 54.0 Å². The molecular weight excluding hydrogens is 465 g/mol. The number of ketones is 1. The summed E-state index contributed by atoms with van der Waals surface area (Å²) in [4.78, 5) is 12.7. The van der Waals surface area contributed by atoms with E-state index in [0.29, 0.717) is 34.1 Å². The van der Waals surface area contributed by atoms with E-state index in [1.165, 1.54) is 46.7 Å². The molecular formula is C26H27F3O6. The number of methoxy groups -OCH3 is 4. The third kappa shape index (κ3) is 8.13. The number of ether oxygens (including phenoxy) is 4. The number of hydrogen-bond donors (Lipinski definition) is 1. The minimum Gasteiger partial charge on any atom is -0.508 e. The van der Waals surface area contributed by atoms with Crippen LogP contribution in [0.3, 0.4) is 0 Å². The first kappa shape index (κ1) is 27.4. The first-order valence-electron chi connectivity index (χ1n) is 10.4. The molecule has 0 aliphatic carbocycles. The van der Waals surface area contributed by atoms with Crippen LogP contribution < -0.4 is 18.9 Å². The molecule has 0 radical (unpaired) electrons. The Balaban J connectivity index is 2.34. The Hall–Kier alpha value is -3.88. The maximum absolute atomic E-state index is 12.9. The van der Waals surface area contributed by atoms with E-state index in [1.54, 1.807) is 36.4 Å². The molecule has 6 nitrogen and oxygen atoms in total. The normalized spacial score (nSPS) is 12.5. The van der Waals surface area contributed by atoms with Crippen LogP contribution in [0.2, 0.25) is 0 Å². The summed E-state index contributed by atoms with van der Waals surface area (Å²) in [7, 11) is 5.88. The standard InChI is InChI=1S/C26H27F3O6/c1-32-22-11-7-17(15-24(22)34-3)5-9-20(30)19(13-14-26(27,28)29)21(31)10-6-18-8-12-23(33-2)25(16-18)35-4/h5-12,15-16,30H,13-14H2,1-4H3/b9-5+,10-6+,20-19-. The summed E-state index contributed by atoms with van der Waals surface area (Å²) >= 11 is 0. The third-order valence-corrected chi connectivity index (χ3v) is 4.94. The number of aliphatic hydroxyl groups excluding tert-OH is 1. The molecule has 0 amide bonds. The summed E-state index contributed by atoms with van der Waals surface area (Å²) in [6, 6.07) is 9.82. The number of aliphatic hydroxyl groups is 1. The number of carbonyl (C=O) groups excluding carboxylic acids is 1. The lowest BCUT2D eigenvalue weighted by molar-refractivity contribution is -0.134. The molecule has 0 spiro atoms. The molecule has 0 bridgehead atoms. The number of benzene rings is 2. The van der Waals surface area contributed by atoms with Gasteiger partial charge >= 0.3 is 6.18 Å². The fourth-order valence-electron chi connectivity index (χ4n) is 3.11. The fourth-order valence-corrected chi connectivity index (χ4v) is 3.11. The van der Waals surface area contributed by atoms with Crippen LogP contribution in [0.25, 0.3) is 12.2 Å². The van der Waals surface area contributed by atoms with E-state index in [9.17, 15) is 23.1 Å². The lowest BCUT2D eigenvalue weighted by Crippen LogP contribution is -2.11. The van der Waals surface area contributed by atoms with Gasteiger partial charge in [0.05, 0.1) is 28.4 Å². The zero-order valence-electron chi connectivity index (χ0n) is 19.8. The van der Waals surface area contributed by atoms with Crippen molar-refractivity contribution in [2.75, 3.05) is 28.4 Å². The molecule has 188 valence electrons. The molecule has 2 aromatic rings. The first-order chi connectivity index (χ1) is 16.6. The molecule has 0 heterocycles. The molecule has 1 N–H and O–H groups in total. The van der Waals surface area contributed by atoms with Crippen LogP contribution in [-0.2, 0) is 4.79 Å². The van der Waals surface area contributed by atoms with Crippen molar-refractivity contribution in [3.05, 3.63) is 71.0 Å². The smallest absolute Gasteiger partial charge is 0.389 e. The number of hydrogen-bond acceptors (Lipinski definition) is 6. The molecule has 0 saturated carbocycles. The van der Waals surface area contributed by atoms with Crippen molar-refractivity contribution < 1.29 is 42.0 Å². The average molecular weight is 492 g/mol. The van der Waals surface area contributed by atoms with E-state index >= 15 is 0 Å². The summed E-state index contributed by atoms with van der Waals surface area (Å²) in [5, 5.41) is 10.5. The minimum atomic E-state index is -4.49. The highest BCUT2D eigenvalue weighted by Gasteiger charge is 2.28. The van der Waals surface area contributed by atoms with Gasteiger partial charge in [0.25, 0.3) is 0 Å². The largest absolute Gasteiger partial charge is 0.508 e. The summed E-state index contributed by atoms with van der Waals surface area (Å²) in [5.41, 5.74) is 0.778. The van der Waals surface area contributed by atoms with Crippen LogP contribution in [0, 0.1) is 0 Å². The number of halogens is 3. The van der Waals surface area contributed by atoms with Gasteiger partial charge in [-0.1, -0.05) is 24.3 Å². The molecule has 2 aromatic carbocycles. The van der Waals surface area contributed by atoms with E-state index in [4.69, 9.17) is 18.9 Å². The highest BCUT2D eigenvalue weighted by Crippen LogP contribution is 2.30. The SMILES string of the molecule is COc1ccc(/C=C/C(=O)/C(CCC(F)(F)F)=C(O)/C=C/c2ccc(OC)c(OC)c2)cc1OC. The molecule has 0 unspecified atom stereocenters. The first-order valence-corrected chi connectivity index (χ1v) is 10.4. The van der Waals surface area contributed by atoms with Crippen molar-refractivity contribution in [3.63, 3.8) is 0 Å². The minimum absolute atomic E-state index is 0.365. The van der Waals surface area contributed by atoms with Crippen molar-refractivity contribution >= 4 is 17.9 Å². The fraction of sp³-hybridized carbons (Fsp3) is 0.269. The van der Waals surface area contributed by atoms with E-state index < -0.39 is 30.6 Å². The molecule has 9 heteroatoms. The van der Waals surface area contributed by atoms with Gasteiger partial charge in [-0.2, -0.15) is 13.2 Å². The molecule has 0 fully saturated rings. The Morgan fingerprint density at radius 1 is 0.800 bits per heavy atom. The van der Waals surface area contributed by atoms with Gasteiger partial charge in [0.15, 0.2) is 28.8 Å². The maximum atomic E-state index is 12.9. The van der Waals surface area contributed by atoms with Crippen molar-refractivity contribution in [3.8, 4) is 23.0 Å². The quantitative estimate of drug-likeness (QED) is 0.230. The molecule has 0 saturated heterocycles. The van der Waals surface area contributed by atoms with Crippen molar-refractivity contribution in [1.82, 2.24) is 0 Å². The van der Waals surface area contributed by atoms with E-state index in [2.05, 4.69) is 0 Å². The Kier molecular flexibility index (Phi) is 9.81. The maximum Gasteiger partial charge on any atom is 0.389 e. The van der Waals surface area contributed by atoms with E-state index in [0.717, 1.165) is 6.08 Å². The Labute approximate surface area is 201 Å². The molecule has 2 rings (SSSR count). The highest BCUT2D eigenvalue weighted by atomic mass is 19.4. The third-order valence-electron chi connectivity index (χ3n) is 4.94. The van der Waals surface area contributed by atoms with Gasteiger partial charge in [-0.3, -0.25) is 4.79 Å². The summed E-state index contributed by atoms with van der Waals surface area (Å²) < 4.78 is 59.3. The van der Waals surface area contributed by atoms with Crippen molar-refractivity contribution in [2.24, 2.45) is 0 Å². The van der Waals surface area contributed by atoms with Crippen molar-refractivity contribution in [1.29, 1.82) is 0 Å². The zero-order valence-corrected chi connectivity index (χ0v) is 19.8. The number of rotatable bonds is 11. The second-order valence-electron chi connectivity index (χ2n) is 7.24. The van der Waals surface area contributed by atoms with Gasteiger partial charge in [-0.15, -0.1) is 0 Å². The predicted octanol–water partition coefficient (Wildman–Crippen LogP) is 6.17. The van der Waals surface area contributed by atoms with Gasteiger partial charge in [0.2, 0.25) is 0 Å². The Morgan fingerprint density at radius 3 is 1.69 bits per heavy atom. The Bertz CT molecular complexity index is 1120.